The molecule has 3 aromatic rings. The summed E-state index contributed by atoms with van der Waals surface area (Å²) in [6, 6.07) is 15.3. The molecule has 168 valence electrons. The highest BCUT2D eigenvalue weighted by Crippen LogP contribution is 2.43. The van der Waals surface area contributed by atoms with Crippen molar-refractivity contribution in [1.29, 1.82) is 0 Å². The van der Waals surface area contributed by atoms with Gasteiger partial charge in [0.05, 0.1) is 11.0 Å². The Morgan fingerprint density at radius 2 is 1.66 bits per heavy atom. The van der Waals surface area contributed by atoms with Crippen molar-refractivity contribution in [2.75, 3.05) is 13.2 Å². The molecule has 2 aliphatic rings. The van der Waals surface area contributed by atoms with Gasteiger partial charge < -0.3 is 9.15 Å². The molecule has 0 aliphatic carbocycles. The van der Waals surface area contributed by atoms with Crippen molar-refractivity contribution in [3.05, 3.63) is 83.1 Å². The molecule has 3 heterocycles. The van der Waals surface area contributed by atoms with Gasteiger partial charge in [0.15, 0.2) is 0 Å². The van der Waals surface area contributed by atoms with Gasteiger partial charge in [0.2, 0.25) is 11.8 Å². The van der Waals surface area contributed by atoms with Gasteiger partial charge in [0, 0.05) is 19.3 Å². The molecule has 0 saturated carbocycles. The van der Waals surface area contributed by atoms with Crippen molar-refractivity contribution in [1.82, 2.24) is 21.0 Å². The van der Waals surface area contributed by atoms with E-state index in [1.165, 1.54) is 12.1 Å². The molecule has 2 aromatic carbocycles. The number of rotatable bonds is 4. The normalized spacial score (nSPS) is 23.3. The molecular formula is C23H23F3N4O2. The summed E-state index contributed by atoms with van der Waals surface area (Å²) in [5.41, 5.74) is 6.62. The molecule has 2 N–H and O–H groups in total. The molecular weight excluding hydrogens is 421 g/mol. The Morgan fingerprint density at radius 3 is 2.41 bits per heavy atom. The highest BCUT2D eigenvalue weighted by Gasteiger charge is 2.43. The van der Waals surface area contributed by atoms with Gasteiger partial charge in [-0.3, -0.25) is 0 Å². The van der Waals surface area contributed by atoms with Crippen molar-refractivity contribution in [3.63, 3.8) is 0 Å². The summed E-state index contributed by atoms with van der Waals surface area (Å²) >= 11 is 0. The van der Waals surface area contributed by atoms with Crippen molar-refractivity contribution in [2.24, 2.45) is 0 Å². The monoisotopic (exact) mass is 444 g/mol. The van der Waals surface area contributed by atoms with Crippen LogP contribution < -0.4 is 10.9 Å². The number of halogens is 3. The second-order valence-corrected chi connectivity index (χ2v) is 8.26. The molecule has 2 aliphatic heterocycles. The van der Waals surface area contributed by atoms with Gasteiger partial charge in [-0.05, 0) is 36.5 Å². The summed E-state index contributed by atoms with van der Waals surface area (Å²) in [6.45, 7) is 0.820. The number of alkyl halides is 3. The Morgan fingerprint density at radius 1 is 0.906 bits per heavy atom. The SMILES string of the molecule is FC(F)(F)c1cccc(C2(c3nnc(C4CC(c5ccccc5)NN4)o3)CCOCC2)c1. The second-order valence-electron chi connectivity index (χ2n) is 8.26. The summed E-state index contributed by atoms with van der Waals surface area (Å²) in [5.74, 6) is 0.754. The molecule has 6 nitrogen and oxygen atoms in total. The lowest BCUT2D eigenvalue weighted by molar-refractivity contribution is -0.137. The van der Waals surface area contributed by atoms with E-state index in [4.69, 9.17) is 9.15 Å². The third-order valence-electron chi connectivity index (χ3n) is 6.34. The van der Waals surface area contributed by atoms with Crippen LogP contribution in [0.2, 0.25) is 0 Å². The Hall–Kier alpha value is -2.75. The van der Waals surface area contributed by atoms with E-state index < -0.39 is 17.2 Å². The van der Waals surface area contributed by atoms with Gasteiger partial charge in [-0.1, -0.05) is 48.5 Å². The summed E-state index contributed by atoms with van der Waals surface area (Å²) in [4.78, 5) is 0. The lowest BCUT2D eigenvalue weighted by Gasteiger charge is -2.34. The van der Waals surface area contributed by atoms with Gasteiger partial charge in [-0.2, -0.15) is 13.2 Å². The average molecular weight is 444 g/mol. The molecule has 2 fully saturated rings. The van der Waals surface area contributed by atoms with E-state index in [2.05, 4.69) is 21.0 Å². The second kappa shape index (κ2) is 8.31. The summed E-state index contributed by atoms with van der Waals surface area (Å²) in [7, 11) is 0. The van der Waals surface area contributed by atoms with Gasteiger partial charge in [0.1, 0.15) is 6.04 Å². The van der Waals surface area contributed by atoms with E-state index in [1.54, 1.807) is 6.07 Å². The third kappa shape index (κ3) is 3.92. The summed E-state index contributed by atoms with van der Waals surface area (Å²) < 4.78 is 51.7. The fourth-order valence-electron chi connectivity index (χ4n) is 4.53. The van der Waals surface area contributed by atoms with Crippen LogP contribution in [0, 0.1) is 0 Å². The summed E-state index contributed by atoms with van der Waals surface area (Å²) in [6.07, 6.45) is -2.77. The van der Waals surface area contributed by atoms with Crippen LogP contribution in [0.25, 0.3) is 0 Å². The quantitative estimate of drug-likeness (QED) is 0.619. The zero-order valence-corrected chi connectivity index (χ0v) is 17.2. The van der Waals surface area contributed by atoms with Gasteiger partial charge in [-0.25, -0.2) is 10.9 Å². The molecule has 5 rings (SSSR count). The molecule has 0 amide bonds. The number of hydrazine groups is 1. The first-order valence-corrected chi connectivity index (χ1v) is 10.6. The Balaban J connectivity index is 1.44. The number of nitrogens with zero attached hydrogens (tertiary/aromatic N) is 2. The molecule has 0 radical (unpaired) electrons. The first-order chi connectivity index (χ1) is 15.5. The largest absolute Gasteiger partial charge is 0.423 e. The topological polar surface area (TPSA) is 72.2 Å². The van der Waals surface area contributed by atoms with Crippen molar-refractivity contribution >= 4 is 0 Å². The fourth-order valence-corrected chi connectivity index (χ4v) is 4.53. The highest BCUT2D eigenvalue weighted by molar-refractivity contribution is 5.36. The Labute approximate surface area is 183 Å². The van der Waals surface area contributed by atoms with Gasteiger partial charge in [0.25, 0.3) is 0 Å². The molecule has 2 unspecified atom stereocenters. The maximum absolute atomic E-state index is 13.4. The number of benzene rings is 2. The molecule has 2 saturated heterocycles. The van der Waals surface area contributed by atoms with Crippen molar-refractivity contribution in [3.8, 4) is 0 Å². The average Bonchev–Trinajstić information content (AvgIpc) is 3.50. The standard InChI is InChI=1S/C23H23F3N4O2/c24-23(25,26)17-8-4-7-16(13-17)22(9-11-31-12-10-22)21-30-29-20(32-21)19-14-18(27-28-19)15-5-2-1-3-6-15/h1-8,13,18-19,27-28H,9-12,14H2. The Kier molecular flexibility index (Phi) is 5.48. The zero-order valence-electron chi connectivity index (χ0n) is 17.2. The van der Waals surface area contributed by atoms with Crippen molar-refractivity contribution < 1.29 is 22.3 Å². The number of nitrogens with one attached hydrogen (secondary N) is 2. The third-order valence-corrected chi connectivity index (χ3v) is 6.34. The number of aromatic nitrogens is 2. The molecule has 0 bridgehead atoms. The van der Waals surface area contributed by atoms with Crippen molar-refractivity contribution in [2.45, 2.75) is 42.9 Å². The number of hydrogen-bond donors (Lipinski definition) is 2. The van der Waals surface area contributed by atoms with Crippen LogP contribution in [0.5, 0.6) is 0 Å². The first kappa shape index (κ1) is 21.1. The van der Waals surface area contributed by atoms with Crippen LogP contribution >= 0.6 is 0 Å². The van der Waals surface area contributed by atoms with Crippen LogP contribution in [-0.4, -0.2) is 23.4 Å². The molecule has 9 heteroatoms. The molecule has 32 heavy (non-hydrogen) atoms. The van der Waals surface area contributed by atoms with E-state index in [0.29, 0.717) is 49.8 Å². The van der Waals surface area contributed by atoms with Crippen LogP contribution in [0.3, 0.4) is 0 Å². The highest BCUT2D eigenvalue weighted by atomic mass is 19.4. The van der Waals surface area contributed by atoms with E-state index in [-0.39, 0.29) is 12.1 Å². The molecule has 0 spiro atoms. The predicted molar refractivity (Wildman–Crippen MR) is 109 cm³/mol. The lowest BCUT2D eigenvalue weighted by Crippen LogP contribution is -2.35. The van der Waals surface area contributed by atoms with Crippen LogP contribution in [-0.2, 0) is 16.3 Å². The maximum atomic E-state index is 13.4. The predicted octanol–water partition coefficient (Wildman–Crippen LogP) is 4.47. The smallest absolute Gasteiger partial charge is 0.416 e. The van der Waals surface area contributed by atoms with E-state index >= 15 is 0 Å². The van der Waals surface area contributed by atoms with E-state index in [1.807, 2.05) is 30.3 Å². The van der Waals surface area contributed by atoms with Gasteiger partial charge >= 0.3 is 6.18 Å². The zero-order chi connectivity index (χ0) is 22.2. The number of ether oxygens (including phenoxy) is 1. The number of hydrogen-bond acceptors (Lipinski definition) is 6. The van der Waals surface area contributed by atoms with Gasteiger partial charge in [-0.15, -0.1) is 10.2 Å². The lowest BCUT2D eigenvalue weighted by atomic mass is 9.73. The first-order valence-electron chi connectivity index (χ1n) is 10.6. The minimum absolute atomic E-state index is 0.0945. The van der Waals surface area contributed by atoms with Crippen LogP contribution in [0.15, 0.2) is 59.0 Å². The summed E-state index contributed by atoms with van der Waals surface area (Å²) in [5, 5.41) is 8.56. The van der Waals surface area contributed by atoms with E-state index in [9.17, 15) is 13.2 Å². The fraction of sp³-hybridized carbons (Fsp3) is 0.391. The minimum atomic E-state index is -4.42. The van der Waals surface area contributed by atoms with E-state index in [0.717, 1.165) is 11.6 Å². The van der Waals surface area contributed by atoms with Crippen LogP contribution in [0.1, 0.15) is 59.8 Å². The van der Waals surface area contributed by atoms with Crippen LogP contribution in [0.4, 0.5) is 13.2 Å². The molecule has 1 aromatic heterocycles. The minimum Gasteiger partial charge on any atom is -0.423 e. The Bertz CT molecular complexity index is 1060. The molecule has 2 atom stereocenters. The maximum Gasteiger partial charge on any atom is 0.416 e.